The largest absolute Gasteiger partial charge is 0.488 e. The van der Waals surface area contributed by atoms with E-state index < -0.39 is 5.91 Å². The molecule has 31 heavy (non-hydrogen) atoms. The second-order valence-corrected chi connectivity index (χ2v) is 8.39. The molecule has 3 aromatic carbocycles. The summed E-state index contributed by atoms with van der Waals surface area (Å²) in [6, 6.07) is 19.9. The van der Waals surface area contributed by atoms with Crippen LogP contribution in [0.5, 0.6) is 5.75 Å². The number of ether oxygens (including phenoxy) is 1. The molecule has 156 valence electrons. The minimum Gasteiger partial charge on any atom is -0.488 e. The summed E-state index contributed by atoms with van der Waals surface area (Å²) >= 11 is 15.6. The zero-order valence-electron chi connectivity index (χ0n) is 16.5. The molecule has 0 saturated carbocycles. The average molecular weight is 516 g/mol. The maximum absolute atomic E-state index is 12.7. The van der Waals surface area contributed by atoms with Crippen LogP contribution in [0, 0.1) is 18.3 Å². The Morgan fingerprint density at radius 1 is 1.16 bits per heavy atom. The lowest BCUT2D eigenvalue weighted by Crippen LogP contribution is -2.14. The molecule has 0 aliphatic carbocycles. The van der Waals surface area contributed by atoms with Crippen LogP contribution in [0.2, 0.25) is 10.0 Å². The molecule has 0 heterocycles. The van der Waals surface area contributed by atoms with Gasteiger partial charge in [-0.3, -0.25) is 4.79 Å². The number of hydrogen-bond acceptors (Lipinski definition) is 3. The molecule has 0 unspecified atom stereocenters. The van der Waals surface area contributed by atoms with Gasteiger partial charge in [0, 0.05) is 25.8 Å². The summed E-state index contributed by atoms with van der Waals surface area (Å²) in [5, 5.41) is 13.3. The fraction of sp³-hybridized carbons (Fsp3) is 0.0833. The van der Waals surface area contributed by atoms with Crippen molar-refractivity contribution in [2.75, 3.05) is 5.32 Å². The average Bonchev–Trinajstić information content (AvgIpc) is 2.75. The second kappa shape index (κ2) is 10.5. The predicted molar refractivity (Wildman–Crippen MR) is 128 cm³/mol. The minimum absolute atomic E-state index is 0.0878. The SMILES string of the molecule is Cc1c(Cl)cccc1NC(=O)/C(C#N)=C/c1cc(Cl)ccc1OCc1ccc(Br)cc1. The van der Waals surface area contributed by atoms with Crippen LogP contribution in [0.15, 0.2) is 70.7 Å². The van der Waals surface area contributed by atoms with Crippen molar-refractivity contribution in [1.82, 2.24) is 0 Å². The number of benzene rings is 3. The van der Waals surface area contributed by atoms with E-state index in [1.54, 1.807) is 43.3 Å². The normalized spacial score (nSPS) is 11.0. The summed E-state index contributed by atoms with van der Waals surface area (Å²) < 4.78 is 6.90. The van der Waals surface area contributed by atoms with Crippen LogP contribution in [-0.2, 0) is 11.4 Å². The van der Waals surface area contributed by atoms with Crippen LogP contribution in [0.3, 0.4) is 0 Å². The number of nitrogens with zero attached hydrogens (tertiary/aromatic N) is 1. The van der Waals surface area contributed by atoms with Gasteiger partial charge in [-0.25, -0.2) is 0 Å². The number of anilines is 1. The van der Waals surface area contributed by atoms with Gasteiger partial charge in [-0.15, -0.1) is 0 Å². The smallest absolute Gasteiger partial charge is 0.266 e. The zero-order valence-corrected chi connectivity index (χ0v) is 19.6. The molecule has 0 aliphatic rings. The maximum atomic E-state index is 12.7. The number of halogens is 3. The number of nitriles is 1. The number of carbonyl (C=O) groups is 1. The van der Waals surface area contributed by atoms with Crippen LogP contribution < -0.4 is 10.1 Å². The van der Waals surface area contributed by atoms with Crippen molar-refractivity contribution in [3.8, 4) is 11.8 Å². The monoisotopic (exact) mass is 514 g/mol. The van der Waals surface area contributed by atoms with E-state index >= 15 is 0 Å². The predicted octanol–water partition coefficient (Wildman–Crippen LogP) is 7.19. The molecule has 0 saturated heterocycles. The van der Waals surface area contributed by atoms with Gasteiger partial charge in [0.1, 0.15) is 24.0 Å². The van der Waals surface area contributed by atoms with Crippen molar-refractivity contribution in [3.05, 3.63) is 97.4 Å². The fourth-order valence-electron chi connectivity index (χ4n) is 2.74. The van der Waals surface area contributed by atoms with Gasteiger partial charge in [0.05, 0.1) is 0 Å². The summed E-state index contributed by atoms with van der Waals surface area (Å²) in [5.41, 5.74) is 2.67. The maximum Gasteiger partial charge on any atom is 0.266 e. The van der Waals surface area contributed by atoms with Gasteiger partial charge in [-0.1, -0.05) is 57.3 Å². The van der Waals surface area contributed by atoms with Gasteiger partial charge in [0.2, 0.25) is 0 Å². The van der Waals surface area contributed by atoms with E-state index in [2.05, 4.69) is 21.2 Å². The molecular formula is C24H17BrCl2N2O2. The van der Waals surface area contributed by atoms with Crippen LogP contribution >= 0.6 is 39.1 Å². The third kappa shape index (κ3) is 6.11. The molecule has 0 bridgehead atoms. The number of hydrogen-bond donors (Lipinski definition) is 1. The van der Waals surface area contributed by atoms with Gasteiger partial charge in [-0.05, 0) is 66.6 Å². The lowest BCUT2D eigenvalue weighted by molar-refractivity contribution is -0.112. The standard InChI is InChI=1S/C24H17BrCl2N2O2/c1-15-21(27)3-2-4-22(15)29-24(30)18(13-28)11-17-12-20(26)9-10-23(17)31-14-16-5-7-19(25)8-6-16/h2-12H,14H2,1H3,(H,29,30)/b18-11+. The van der Waals surface area contributed by atoms with Crippen molar-refractivity contribution in [1.29, 1.82) is 5.26 Å². The van der Waals surface area contributed by atoms with E-state index in [0.717, 1.165) is 15.6 Å². The number of rotatable bonds is 6. The molecule has 0 aliphatic heterocycles. The minimum atomic E-state index is -0.549. The van der Waals surface area contributed by atoms with Crippen molar-refractivity contribution >= 4 is 56.8 Å². The Labute approximate surface area is 199 Å². The Morgan fingerprint density at radius 2 is 1.90 bits per heavy atom. The number of amides is 1. The first-order chi connectivity index (χ1) is 14.9. The van der Waals surface area contributed by atoms with Crippen LogP contribution in [0.25, 0.3) is 6.08 Å². The van der Waals surface area contributed by atoms with Crippen LogP contribution in [0.4, 0.5) is 5.69 Å². The molecule has 0 fully saturated rings. The van der Waals surface area contributed by atoms with Gasteiger partial charge in [-0.2, -0.15) is 5.26 Å². The van der Waals surface area contributed by atoms with E-state index in [1.807, 2.05) is 30.3 Å². The number of carbonyl (C=O) groups excluding carboxylic acids is 1. The topological polar surface area (TPSA) is 62.1 Å². The Balaban J connectivity index is 1.84. The molecule has 4 nitrogen and oxygen atoms in total. The van der Waals surface area contributed by atoms with Gasteiger partial charge in [0.15, 0.2) is 0 Å². The fourth-order valence-corrected chi connectivity index (χ4v) is 3.36. The highest BCUT2D eigenvalue weighted by molar-refractivity contribution is 9.10. The lowest BCUT2D eigenvalue weighted by Gasteiger charge is -2.11. The summed E-state index contributed by atoms with van der Waals surface area (Å²) in [6.45, 7) is 2.12. The summed E-state index contributed by atoms with van der Waals surface area (Å²) in [6.07, 6.45) is 1.46. The first kappa shape index (κ1) is 22.9. The molecule has 0 radical (unpaired) electrons. The molecule has 3 rings (SSSR count). The van der Waals surface area contributed by atoms with E-state index in [4.69, 9.17) is 27.9 Å². The third-order valence-electron chi connectivity index (χ3n) is 4.46. The van der Waals surface area contributed by atoms with Gasteiger partial charge < -0.3 is 10.1 Å². The highest BCUT2D eigenvalue weighted by Gasteiger charge is 2.14. The molecule has 0 atom stereocenters. The Hall–Kier alpha value is -2.78. The van der Waals surface area contributed by atoms with Gasteiger partial charge in [0.25, 0.3) is 5.91 Å². The molecule has 1 N–H and O–H groups in total. The van der Waals surface area contributed by atoms with E-state index in [-0.39, 0.29) is 5.57 Å². The zero-order chi connectivity index (χ0) is 22.4. The third-order valence-corrected chi connectivity index (χ3v) is 5.63. The highest BCUT2D eigenvalue weighted by atomic mass is 79.9. The summed E-state index contributed by atoms with van der Waals surface area (Å²) in [5.74, 6) is -0.0430. The Morgan fingerprint density at radius 3 is 2.61 bits per heavy atom. The molecule has 7 heteroatoms. The molecular weight excluding hydrogens is 499 g/mol. The van der Waals surface area contributed by atoms with Crippen molar-refractivity contribution in [2.24, 2.45) is 0 Å². The van der Waals surface area contributed by atoms with E-state index in [1.165, 1.54) is 6.08 Å². The molecule has 1 amide bonds. The van der Waals surface area contributed by atoms with Crippen LogP contribution in [0.1, 0.15) is 16.7 Å². The van der Waals surface area contributed by atoms with Gasteiger partial charge >= 0.3 is 0 Å². The Kier molecular flexibility index (Phi) is 7.75. The van der Waals surface area contributed by atoms with E-state index in [9.17, 15) is 10.1 Å². The highest BCUT2D eigenvalue weighted by Crippen LogP contribution is 2.27. The molecule has 0 aromatic heterocycles. The molecule has 0 spiro atoms. The van der Waals surface area contributed by atoms with Crippen LogP contribution in [-0.4, -0.2) is 5.91 Å². The first-order valence-corrected chi connectivity index (χ1v) is 10.8. The first-order valence-electron chi connectivity index (χ1n) is 9.22. The van der Waals surface area contributed by atoms with E-state index in [0.29, 0.717) is 33.7 Å². The quantitative estimate of drug-likeness (QED) is 0.279. The van der Waals surface area contributed by atoms with Crippen molar-refractivity contribution in [2.45, 2.75) is 13.5 Å². The molecule has 3 aromatic rings. The summed E-state index contributed by atoms with van der Waals surface area (Å²) in [4.78, 5) is 12.7. The lowest BCUT2D eigenvalue weighted by atomic mass is 10.1. The second-order valence-electron chi connectivity index (χ2n) is 6.63. The summed E-state index contributed by atoms with van der Waals surface area (Å²) in [7, 11) is 0. The van der Waals surface area contributed by atoms with Crippen molar-refractivity contribution in [3.63, 3.8) is 0 Å². The number of nitrogens with one attached hydrogen (secondary N) is 1. The van der Waals surface area contributed by atoms with Crippen molar-refractivity contribution < 1.29 is 9.53 Å². The Bertz CT molecular complexity index is 1190.